The van der Waals surface area contributed by atoms with Gasteiger partial charge in [-0.1, -0.05) is 23.8 Å². The van der Waals surface area contributed by atoms with E-state index >= 15 is 0 Å². The fourth-order valence-electron chi connectivity index (χ4n) is 4.77. The number of ether oxygens (including phenoxy) is 3. The highest BCUT2D eigenvalue weighted by atomic mass is 35.5. The molecule has 0 fully saturated rings. The molecule has 0 spiro atoms. The number of carbonyl (C=O) groups is 1. The van der Waals surface area contributed by atoms with Gasteiger partial charge in [0.1, 0.15) is 18.0 Å². The summed E-state index contributed by atoms with van der Waals surface area (Å²) >= 11 is 6.45. The molecule has 10 heteroatoms. The number of hydrogen-bond donors (Lipinski definition) is 2. The Balaban J connectivity index is 1.72. The molecule has 0 saturated carbocycles. The number of methoxy groups -OCH3 is 2. The number of carboxylic acids is 1. The third-order valence-corrected chi connectivity index (χ3v) is 6.54. The number of allylic oxidation sites excluding steroid dienone is 2. The lowest BCUT2D eigenvalue weighted by molar-refractivity contribution is -0.135. The van der Waals surface area contributed by atoms with Gasteiger partial charge in [0.05, 0.1) is 42.9 Å². The Kier molecular flexibility index (Phi) is 8.25. The maximum Gasteiger partial charge on any atom is 0.309 e. The Bertz CT molecular complexity index is 1220. The number of nitrogens with zero attached hydrogens (tertiary/aromatic N) is 3. The standard InChI is InChI=1S/C26H29ClN4O5/c1-34-23-7-3-5-18(26(23)35-2)25-19-13-16(27)8-9-20(19)31-12-4-6-21(31)22(36-25)10-11-29-17(15-30-28)14-24(32)33/h3-9,12-13,15,18,22,25-26H,10-11,14,28H2,1-2H3,(H,32,33)/t18?,22?,25-,26?/m1/s1. The lowest BCUT2D eigenvalue weighted by atomic mass is 9.86. The first kappa shape index (κ1) is 25.7. The Labute approximate surface area is 214 Å². The van der Waals surface area contributed by atoms with Crippen LogP contribution in [0.5, 0.6) is 0 Å². The highest BCUT2D eigenvalue weighted by molar-refractivity contribution is 6.34. The second kappa shape index (κ2) is 11.6. The summed E-state index contributed by atoms with van der Waals surface area (Å²) < 4.78 is 20.4. The summed E-state index contributed by atoms with van der Waals surface area (Å²) in [6.45, 7) is 0.325. The first-order chi connectivity index (χ1) is 17.5. The van der Waals surface area contributed by atoms with E-state index in [1.54, 1.807) is 14.2 Å². The Morgan fingerprint density at radius 2 is 2.17 bits per heavy atom. The summed E-state index contributed by atoms with van der Waals surface area (Å²) in [7, 11) is 3.27. The summed E-state index contributed by atoms with van der Waals surface area (Å²) in [4.78, 5) is 15.6. The van der Waals surface area contributed by atoms with Crippen molar-refractivity contribution in [3.8, 4) is 5.69 Å². The van der Waals surface area contributed by atoms with Crippen LogP contribution in [0.15, 0.2) is 70.6 Å². The quantitative estimate of drug-likeness (QED) is 0.295. The zero-order valence-electron chi connectivity index (χ0n) is 20.1. The number of carboxylic acid groups (broad SMARTS) is 1. The van der Waals surface area contributed by atoms with E-state index in [0.717, 1.165) is 16.9 Å². The van der Waals surface area contributed by atoms with Crippen LogP contribution in [-0.4, -0.2) is 54.4 Å². The van der Waals surface area contributed by atoms with Crippen LogP contribution >= 0.6 is 11.6 Å². The van der Waals surface area contributed by atoms with Gasteiger partial charge in [-0.3, -0.25) is 9.79 Å². The summed E-state index contributed by atoms with van der Waals surface area (Å²) in [6, 6.07) is 9.76. The molecular formula is C26H29ClN4O5. The smallest absolute Gasteiger partial charge is 0.309 e. The van der Waals surface area contributed by atoms with Crippen LogP contribution in [0.3, 0.4) is 0 Å². The molecule has 0 radical (unpaired) electrons. The number of aliphatic imine (C=N–C) groups is 1. The molecule has 1 aliphatic heterocycles. The van der Waals surface area contributed by atoms with Crippen molar-refractivity contribution in [2.75, 3.05) is 20.8 Å². The zero-order chi connectivity index (χ0) is 25.7. The molecule has 36 heavy (non-hydrogen) atoms. The number of hydrogen-bond acceptors (Lipinski definition) is 7. The van der Waals surface area contributed by atoms with Crippen LogP contribution in [0.2, 0.25) is 5.02 Å². The third kappa shape index (κ3) is 5.38. The molecule has 2 aliphatic rings. The van der Waals surface area contributed by atoms with Crippen molar-refractivity contribution in [3.05, 3.63) is 76.8 Å². The van der Waals surface area contributed by atoms with Crippen molar-refractivity contribution in [1.29, 1.82) is 0 Å². The fourth-order valence-corrected chi connectivity index (χ4v) is 4.95. The molecule has 2 aromatic rings. The average molecular weight is 513 g/mol. The Hall–Kier alpha value is -3.40. The summed E-state index contributed by atoms with van der Waals surface area (Å²) in [5.74, 6) is 4.75. The number of fused-ring (bicyclic) bond motifs is 3. The number of nitrogens with two attached hydrogens (primary N) is 1. The Morgan fingerprint density at radius 3 is 2.89 bits per heavy atom. The molecule has 2 heterocycles. The van der Waals surface area contributed by atoms with Gasteiger partial charge in [-0.25, -0.2) is 0 Å². The number of rotatable bonds is 9. The molecule has 4 rings (SSSR count). The van der Waals surface area contributed by atoms with Crippen LogP contribution < -0.4 is 5.84 Å². The topological polar surface area (TPSA) is 121 Å². The van der Waals surface area contributed by atoms with Gasteiger partial charge in [-0.15, -0.1) is 0 Å². The summed E-state index contributed by atoms with van der Waals surface area (Å²) in [6.07, 6.45) is 8.29. The molecular weight excluding hydrogens is 484 g/mol. The van der Waals surface area contributed by atoms with E-state index in [1.165, 1.54) is 6.21 Å². The molecule has 0 saturated heterocycles. The lowest BCUT2D eigenvalue weighted by Crippen LogP contribution is -2.33. The van der Waals surface area contributed by atoms with Gasteiger partial charge >= 0.3 is 5.97 Å². The minimum Gasteiger partial charge on any atom is -0.498 e. The van der Waals surface area contributed by atoms with E-state index in [2.05, 4.69) is 20.7 Å². The second-order valence-electron chi connectivity index (χ2n) is 8.45. The molecule has 1 aliphatic carbocycles. The monoisotopic (exact) mass is 512 g/mol. The van der Waals surface area contributed by atoms with Gasteiger partial charge in [0.25, 0.3) is 0 Å². The molecule has 0 bridgehead atoms. The fraction of sp³-hybridized carbons (Fsp3) is 0.346. The summed E-state index contributed by atoms with van der Waals surface area (Å²) in [5.41, 5.74) is 3.15. The van der Waals surface area contributed by atoms with Crippen LogP contribution in [0, 0.1) is 5.92 Å². The van der Waals surface area contributed by atoms with Crippen molar-refractivity contribution >= 4 is 29.5 Å². The van der Waals surface area contributed by atoms with Crippen molar-refractivity contribution in [2.24, 2.45) is 21.9 Å². The first-order valence-electron chi connectivity index (χ1n) is 11.5. The summed E-state index contributed by atoms with van der Waals surface area (Å²) in [5, 5.41) is 13.2. The molecule has 3 unspecified atom stereocenters. The van der Waals surface area contributed by atoms with Gasteiger partial charge < -0.3 is 29.7 Å². The van der Waals surface area contributed by atoms with E-state index in [9.17, 15) is 4.79 Å². The SMILES string of the molecule is COC1=CC=CC([C@H]2OC(CCN=C(C=NN)CC(=O)O)c3cccn3-c3ccc(Cl)cc32)C1OC. The number of hydrazone groups is 1. The van der Waals surface area contributed by atoms with E-state index in [-0.39, 0.29) is 24.5 Å². The molecule has 1 aromatic heterocycles. The van der Waals surface area contributed by atoms with Gasteiger partial charge in [0.2, 0.25) is 0 Å². The van der Waals surface area contributed by atoms with Crippen LogP contribution in [0.25, 0.3) is 5.69 Å². The van der Waals surface area contributed by atoms with Crippen molar-refractivity contribution in [1.82, 2.24) is 4.57 Å². The highest BCUT2D eigenvalue weighted by Gasteiger charge is 2.39. The Morgan fingerprint density at radius 1 is 1.33 bits per heavy atom. The normalized spacial score (nSPS) is 23.6. The maximum absolute atomic E-state index is 11.2. The molecule has 1 aromatic carbocycles. The van der Waals surface area contributed by atoms with Crippen molar-refractivity contribution in [2.45, 2.75) is 31.2 Å². The molecule has 4 atom stereocenters. The van der Waals surface area contributed by atoms with Gasteiger partial charge in [-0.05, 0) is 42.8 Å². The molecule has 9 nitrogen and oxygen atoms in total. The van der Waals surface area contributed by atoms with Crippen LogP contribution in [0.1, 0.15) is 36.3 Å². The van der Waals surface area contributed by atoms with Crippen LogP contribution in [0.4, 0.5) is 0 Å². The van der Waals surface area contributed by atoms with E-state index in [4.69, 9.17) is 36.8 Å². The minimum absolute atomic E-state index is 0.185. The number of halogens is 1. The zero-order valence-corrected chi connectivity index (χ0v) is 20.8. The van der Waals surface area contributed by atoms with Crippen LogP contribution in [-0.2, 0) is 19.0 Å². The van der Waals surface area contributed by atoms with Gasteiger partial charge in [0, 0.05) is 36.4 Å². The average Bonchev–Trinajstić information content (AvgIpc) is 3.30. The molecule has 0 amide bonds. The number of aliphatic carboxylic acids is 1. The van der Waals surface area contributed by atoms with Gasteiger partial charge in [-0.2, -0.15) is 5.10 Å². The first-order valence-corrected chi connectivity index (χ1v) is 11.9. The molecule has 3 N–H and O–H groups in total. The van der Waals surface area contributed by atoms with Crippen molar-refractivity contribution < 1.29 is 24.1 Å². The van der Waals surface area contributed by atoms with E-state index < -0.39 is 12.1 Å². The predicted octanol–water partition coefficient (Wildman–Crippen LogP) is 4.22. The maximum atomic E-state index is 11.2. The molecule has 190 valence electrons. The van der Waals surface area contributed by atoms with Crippen molar-refractivity contribution in [3.63, 3.8) is 0 Å². The second-order valence-corrected chi connectivity index (χ2v) is 8.89. The van der Waals surface area contributed by atoms with Gasteiger partial charge in [0.15, 0.2) is 0 Å². The highest BCUT2D eigenvalue weighted by Crippen LogP contribution is 2.45. The van der Waals surface area contributed by atoms with E-state index in [1.807, 2.05) is 48.7 Å². The lowest BCUT2D eigenvalue weighted by Gasteiger charge is -2.34. The number of aromatic nitrogens is 1. The largest absolute Gasteiger partial charge is 0.498 e. The minimum atomic E-state index is -1.00. The van der Waals surface area contributed by atoms with E-state index in [0.29, 0.717) is 29.5 Å². The third-order valence-electron chi connectivity index (χ3n) is 6.30. The number of benzene rings is 1. The predicted molar refractivity (Wildman–Crippen MR) is 138 cm³/mol.